The third-order valence-corrected chi connectivity index (χ3v) is 3.47. The molecule has 7 heteroatoms. The Hall–Kier alpha value is -2.80. The number of ether oxygens (including phenoxy) is 1. The number of thiocarbonyl (C=S) groups is 1. The summed E-state index contributed by atoms with van der Waals surface area (Å²) in [6, 6.07) is 13.0. The molecule has 2 aromatic carbocycles. The second-order valence-electron chi connectivity index (χ2n) is 4.75. The summed E-state index contributed by atoms with van der Waals surface area (Å²) in [6.07, 6.45) is -0.515. The Balaban J connectivity index is 1.95. The molecule has 0 N–H and O–H groups in total. The van der Waals surface area contributed by atoms with Gasteiger partial charge in [-0.15, -0.1) is 0 Å². The van der Waals surface area contributed by atoms with E-state index < -0.39 is 11.0 Å². The summed E-state index contributed by atoms with van der Waals surface area (Å²) in [7, 11) is 1.60. The molecule has 0 aliphatic rings. The van der Waals surface area contributed by atoms with Crippen LogP contribution in [0, 0.1) is 10.1 Å². The zero-order valence-electron chi connectivity index (χ0n) is 12.3. The predicted molar refractivity (Wildman–Crippen MR) is 90.9 cm³/mol. The van der Waals surface area contributed by atoms with Gasteiger partial charge in [0.25, 0.3) is 5.69 Å². The van der Waals surface area contributed by atoms with Crippen molar-refractivity contribution in [3.8, 4) is 0 Å². The predicted octanol–water partition coefficient (Wildman–Crippen LogP) is 3.72. The first-order valence-electron chi connectivity index (χ1n) is 6.70. The summed E-state index contributed by atoms with van der Waals surface area (Å²) in [6.45, 7) is 0.0409. The number of hydrogen-bond donors (Lipinski definition) is 0. The number of nitrogens with zero attached hydrogens (tertiary/aromatic N) is 2. The maximum atomic E-state index is 12.0. The van der Waals surface area contributed by atoms with Crippen molar-refractivity contribution in [2.45, 2.75) is 6.61 Å². The van der Waals surface area contributed by atoms with Crippen molar-refractivity contribution < 1.29 is 14.5 Å². The molecule has 0 radical (unpaired) electrons. The highest BCUT2D eigenvalue weighted by atomic mass is 32.1. The Bertz CT molecular complexity index is 714. The number of carbonyl (C=O) groups is 1. The van der Waals surface area contributed by atoms with Crippen LogP contribution in [0.4, 0.5) is 16.2 Å². The first-order valence-corrected chi connectivity index (χ1v) is 7.17. The number of hydrogen-bond acceptors (Lipinski definition) is 5. The van der Waals surface area contributed by atoms with Crippen molar-refractivity contribution in [3.05, 3.63) is 69.8 Å². The number of carbonyl (C=O) groups excluding carboxylic acids is 1. The third kappa shape index (κ3) is 4.33. The van der Waals surface area contributed by atoms with Crippen molar-refractivity contribution in [2.24, 2.45) is 0 Å². The Morgan fingerprint density at radius 1 is 1.22 bits per heavy atom. The highest BCUT2D eigenvalue weighted by molar-refractivity contribution is 7.79. The van der Waals surface area contributed by atoms with Crippen LogP contribution in [0.2, 0.25) is 0 Å². The maximum absolute atomic E-state index is 12.0. The number of nitro groups is 1. The van der Waals surface area contributed by atoms with Crippen molar-refractivity contribution in [1.29, 1.82) is 0 Å². The van der Waals surface area contributed by atoms with E-state index in [4.69, 9.17) is 17.0 Å². The second kappa shape index (κ2) is 7.46. The van der Waals surface area contributed by atoms with E-state index in [1.807, 2.05) is 12.1 Å². The maximum Gasteiger partial charge on any atom is 0.414 e. The molecule has 0 saturated heterocycles. The van der Waals surface area contributed by atoms with Gasteiger partial charge in [0, 0.05) is 30.2 Å². The van der Waals surface area contributed by atoms with Crippen LogP contribution in [0.5, 0.6) is 0 Å². The minimum Gasteiger partial charge on any atom is -0.444 e. The molecule has 0 saturated carbocycles. The second-order valence-corrected chi connectivity index (χ2v) is 4.98. The molecule has 2 rings (SSSR count). The topological polar surface area (TPSA) is 72.7 Å². The quantitative estimate of drug-likeness (QED) is 0.475. The summed E-state index contributed by atoms with van der Waals surface area (Å²) < 4.78 is 5.19. The van der Waals surface area contributed by atoms with Crippen molar-refractivity contribution in [2.75, 3.05) is 11.9 Å². The van der Waals surface area contributed by atoms with E-state index in [-0.39, 0.29) is 12.3 Å². The van der Waals surface area contributed by atoms with E-state index in [0.717, 1.165) is 5.56 Å². The van der Waals surface area contributed by atoms with Crippen LogP contribution in [0.1, 0.15) is 11.1 Å². The van der Waals surface area contributed by atoms with Crippen molar-refractivity contribution >= 4 is 35.1 Å². The lowest BCUT2D eigenvalue weighted by Crippen LogP contribution is -2.26. The first-order chi connectivity index (χ1) is 11.0. The Labute approximate surface area is 138 Å². The summed E-state index contributed by atoms with van der Waals surface area (Å²) >= 11 is 4.83. The average Bonchev–Trinajstić information content (AvgIpc) is 2.59. The zero-order chi connectivity index (χ0) is 16.8. The van der Waals surface area contributed by atoms with Crippen LogP contribution in [0.3, 0.4) is 0 Å². The van der Waals surface area contributed by atoms with Gasteiger partial charge in [0.15, 0.2) is 0 Å². The lowest BCUT2D eigenvalue weighted by molar-refractivity contribution is -0.384. The van der Waals surface area contributed by atoms with Gasteiger partial charge >= 0.3 is 6.09 Å². The fraction of sp³-hybridized carbons (Fsp3) is 0.125. The molecule has 0 heterocycles. The molecule has 2 aromatic rings. The van der Waals surface area contributed by atoms with Gasteiger partial charge in [-0.05, 0) is 35.4 Å². The normalized spacial score (nSPS) is 9.96. The van der Waals surface area contributed by atoms with Gasteiger partial charge in [0.2, 0.25) is 0 Å². The molecule has 1 amide bonds. The number of anilines is 1. The number of benzene rings is 2. The Kier molecular flexibility index (Phi) is 5.37. The summed E-state index contributed by atoms with van der Waals surface area (Å²) in [4.78, 5) is 23.5. The van der Waals surface area contributed by atoms with E-state index in [2.05, 4.69) is 0 Å². The number of nitro benzene ring substituents is 1. The van der Waals surface area contributed by atoms with Gasteiger partial charge in [-0.2, -0.15) is 0 Å². The van der Waals surface area contributed by atoms with E-state index >= 15 is 0 Å². The van der Waals surface area contributed by atoms with Gasteiger partial charge in [0.05, 0.1) is 4.92 Å². The van der Waals surface area contributed by atoms with E-state index in [1.54, 1.807) is 36.7 Å². The SMILES string of the molecule is CN(C(=O)OCc1ccc([N+](=O)[O-])cc1)c1ccc(C=S)cc1. The van der Waals surface area contributed by atoms with Crippen LogP contribution in [0.25, 0.3) is 0 Å². The van der Waals surface area contributed by atoms with Gasteiger partial charge in [-0.1, -0.05) is 24.4 Å². The number of rotatable bonds is 5. The molecule has 118 valence electrons. The van der Waals surface area contributed by atoms with Crippen LogP contribution < -0.4 is 4.90 Å². The van der Waals surface area contributed by atoms with Crippen molar-refractivity contribution in [3.63, 3.8) is 0 Å². The fourth-order valence-electron chi connectivity index (χ4n) is 1.84. The fourth-order valence-corrected chi connectivity index (χ4v) is 1.99. The highest BCUT2D eigenvalue weighted by Gasteiger charge is 2.12. The zero-order valence-corrected chi connectivity index (χ0v) is 13.2. The molecule has 0 aliphatic heterocycles. The van der Waals surface area contributed by atoms with Gasteiger partial charge in [-0.25, -0.2) is 4.79 Å². The number of amides is 1. The lowest BCUT2D eigenvalue weighted by Gasteiger charge is -2.17. The highest BCUT2D eigenvalue weighted by Crippen LogP contribution is 2.16. The molecule has 0 bridgehead atoms. The van der Waals surface area contributed by atoms with Crippen LogP contribution >= 0.6 is 12.2 Å². The summed E-state index contributed by atoms with van der Waals surface area (Å²) in [5.74, 6) is 0. The largest absolute Gasteiger partial charge is 0.444 e. The smallest absolute Gasteiger partial charge is 0.414 e. The molecule has 0 aromatic heterocycles. The molecule has 0 fully saturated rings. The van der Waals surface area contributed by atoms with E-state index in [1.165, 1.54) is 17.0 Å². The molecule has 0 atom stereocenters. The summed E-state index contributed by atoms with van der Waals surface area (Å²) in [5, 5.41) is 12.1. The molecule has 6 nitrogen and oxygen atoms in total. The van der Waals surface area contributed by atoms with E-state index in [0.29, 0.717) is 11.3 Å². The van der Waals surface area contributed by atoms with Gasteiger partial charge < -0.3 is 4.74 Å². The van der Waals surface area contributed by atoms with Crippen molar-refractivity contribution in [1.82, 2.24) is 0 Å². The van der Waals surface area contributed by atoms with Gasteiger partial charge in [0.1, 0.15) is 6.61 Å². The molecule has 0 aliphatic carbocycles. The minimum atomic E-state index is -0.515. The summed E-state index contributed by atoms with van der Waals surface area (Å²) in [5.41, 5.74) is 2.24. The Morgan fingerprint density at radius 2 is 1.83 bits per heavy atom. The standard InChI is InChI=1S/C16H14N2O4S/c1-17(14-6-4-13(11-23)5-7-14)16(19)22-10-12-2-8-15(9-3-12)18(20)21/h2-9,11H,10H2,1H3. The van der Waals surface area contributed by atoms with Gasteiger partial charge in [-0.3, -0.25) is 15.0 Å². The molecule has 23 heavy (non-hydrogen) atoms. The lowest BCUT2D eigenvalue weighted by atomic mass is 10.2. The molecule has 0 spiro atoms. The van der Waals surface area contributed by atoms with Crippen LogP contribution in [-0.2, 0) is 11.3 Å². The number of non-ortho nitro benzene ring substituents is 1. The van der Waals surface area contributed by atoms with Crippen LogP contribution in [-0.4, -0.2) is 23.4 Å². The van der Waals surface area contributed by atoms with Crippen LogP contribution in [0.15, 0.2) is 48.5 Å². The molecule has 0 unspecified atom stereocenters. The minimum absolute atomic E-state index is 0.00386. The average molecular weight is 330 g/mol. The molecular weight excluding hydrogens is 316 g/mol. The monoisotopic (exact) mass is 330 g/mol. The Morgan fingerprint density at radius 3 is 2.35 bits per heavy atom. The molecular formula is C16H14N2O4S. The van der Waals surface area contributed by atoms with E-state index in [9.17, 15) is 14.9 Å². The first kappa shape index (κ1) is 16.6. The third-order valence-electron chi connectivity index (χ3n) is 3.20.